The number of hydrogen-bond donors (Lipinski definition) is 1. The van der Waals surface area contributed by atoms with Crippen LogP contribution in [0.2, 0.25) is 0 Å². The molecule has 3 nitrogen and oxygen atoms in total. The Hall–Kier alpha value is -1.95. The lowest BCUT2D eigenvalue weighted by Crippen LogP contribution is -2.08. The molecule has 2 aromatic carbocycles. The van der Waals surface area contributed by atoms with Gasteiger partial charge in [0.1, 0.15) is 16.5 Å². The Labute approximate surface area is 122 Å². The van der Waals surface area contributed by atoms with Gasteiger partial charge in [0.2, 0.25) is 0 Å². The summed E-state index contributed by atoms with van der Waals surface area (Å²) >= 11 is 0. The monoisotopic (exact) mass is 311 g/mol. The quantitative estimate of drug-likeness (QED) is 0.939. The van der Waals surface area contributed by atoms with Crippen LogP contribution < -0.4 is 5.32 Å². The van der Waals surface area contributed by atoms with Crippen LogP contribution >= 0.6 is 0 Å². The Bertz CT molecular complexity index is 760. The maximum absolute atomic E-state index is 13.8. The number of rotatable bonds is 4. The van der Waals surface area contributed by atoms with Crippen LogP contribution in [-0.2, 0) is 9.84 Å². The molecule has 0 amide bonds. The van der Waals surface area contributed by atoms with Crippen molar-refractivity contribution in [3.63, 3.8) is 0 Å². The average molecular weight is 311 g/mol. The van der Waals surface area contributed by atoms with E-state index in [-0.39, 0.29) is 16.8 Å². The highest BCUT2D eigenvalue weighted by atomic mass is 32.2. The van der Waals surface area contributed by atoms with Gasteiger partial charge < -0.3 is 5.32 Å². The molecule has 0 aliphatic carbocycles. The van der Waals surface area contributed by atoms with Crippen molar-refractivity contribution in [3.05, 3.63) is 59.7 Å². The number of halogens is 2. The second kappa shape index (κ2) is 5.81. The van der Waals surface area contributed by atoms with Gasteiger partial charge in [0.15, 0.2) is 9.84 Å². The Morgan fingerprint density at radius 1 is 1.10 bits per heavy atom. The summed E-state index contributed by atoms with van der Waals surface area (Å²) in [5.74, 6) is -1.16. The van der Waals surface area contributed by atoms with E-state index in [1.54, 1.807) is 19.1 Å². The first-order chi connectivity index (χ1) is 9.77. The van der Waals surface area contributed by atoms with Crippen LogP contribution in [0.1, 0.15) is 18.5 Å². The van der Waals surface area contributed by atoms with E-state index >= 15 is 0 Å². The summed E-state index contributed by atoms with van der Waals surface area (Å²) in [5, 5.41) is 3.03. The third kappa shape index (κ3) is 3.78. The van der Waals surface area contributed by atoms with Crippen LogP contribution in [0.5, 0.6) is 0 Å². The first kappa shape index (κ1) is 15.4. The van der Waals surface area contributed by atoms with Gasteiger partial charge in [-0.3, -0.25) is 0 Å². The minimum absolute atomic E-state index is 0.296. The molecule has 0 aliphatic rings. The van der Waals surface area contributed by atoms with Gasteiger partial charge in [0.25, 0.3) is 0 Å². The molecule has 0 spiro atoms. The number of sulfone groups is 1. The van der Waals surface area contributed by atoms with E-state index in [2.05, 4.69) is 5.32 Å². The topological polar surface area (TPSA) is 46.2 Å². The number of benzene rings is 2. The highest BCUT2D eigenvalue weighted by Gasteiger charge is 2.15. The van der Waals surface area contributed by atoms with Gasteiger partial charge in [0.05, 0.1) is 0 Å². The van der Waals surface area contributed by atoms with Gasteiger partial charge >= 0.3 is 0 Å². The van der Waals surface area contributed by atoms with Crippen LogP contribution in [0.4, 0.5) is 14.5 Å². The predicted octanol–water partition coefficient (Wildman–Crippen LogP) is 3.54. The van der Waals surface area contributed by atoms with Crippen molar-refractivity contribution in [1.82, 2.24) is 0 Å². The normalized spacial score (nSPS) is 13.0. The molecule has 21 heavy (non-hydrogen) atoms. The molecule has 2 aromatic rings. The molecule has 6 heteroatoms. The van der Waals surface area contributed by atoms with Crippen molar-refractivity contribution in [2.24, 2.45) is 0 Å². The Balaban J connectivity index is 2.24. The molecule has 1 N–H and O–H groups in total. The van der Waals surface area contributed by atoms with E-state index in [1.807, 2.05) is 0 Å². The Morgan fingerprint density at radius 2 is 1.81 bits per heavy atom. The second-order valence-electron chi connectivity index (χ2n) is 4.84. The minimum Gasteiger partial charge on any atom is -0.378 e. The number of anilines is 1. The SMILES string of the molecule is C[C@@H](Nc1cccc(F)c1)c1ccc(S(C)(=O)=O)c(F)c1. The van der Waals surface area contributed by atoms with E-state index in [0.717, 1.165) is 6.26 Å². The molecule has 0 aromatic heterocycles. The lowest BCUT2D eigenvalue weighted by atomic mass is 10.1. The molecule has 0 bridgehead atoms. The van der Waals surface area contributed by atoms with E-state index in [0.29, 0.717) is 11.3 Å². The van der Waals surface area contributed by atoms with Crippen molar-refractivity contribution in [2.45, 2.75) is 17.9 Å². The fourth-order valence-electron chi connectivity index (χ4n) is 2.00. The highest BCUT2D eigenvalue weighted by molar-refractivity contribution is 7.90. The molecule has 0 saturated carbocycles. The van der Waals surface area contributed by atoms with E-state index < -0.39 is 15.7 Å². The molecule has 0 saturated heterocycles. The van der Waals surface area contributed by atoms with Crippen molar-refractivity contribution >= 4 is 15.5 Å². The maximum Gasteiger partial charge on any atom is 0.178 e. The summed E-state index contributed by atoms with van der Waals surface area (Å²) in [7, 11) is -3.59. The molecule has 0 aliphatic heterocycles. The van der Waals surface area contributed by atoms with Gasteiger partial charge in [-0.05, 0) is 42.8 Å². The van der Waals surface area contributed by atoms with Crippen LogP contribution in [-0.4, -0.2) is 14.7 Å². The van der Waals surface area contributed by atoms with Gasteiger partial charge in [-0.1, -0.05) is 12.1 Å². The zero-order valence-electron chi connectivity index (χ0n) is 11.6. The molecular weight excluding hydrogens is 296 g/mol. The largest absolute Gasteiger partial charge is 0.378 e. The van der Waals surface area contributed by atoms with Crippen LogP contribution in [0.15, 0.2) is 47.4 Å². The van der Waals surface area contributed by atoms with Gasteiger partial charge in [-0.15, -0.1) is 0 Å². The van der Waals surface area contributed by atoms with E-state index in [1.165, 1.54) is 30.3 Å². The molecule has 0 heterocycles. The van der Waals surface area contributed by atoms with Crippen molar-refractivity contribution in [1.29, 1.82) is 0 Å². The van der Waals surface area contributed by atoms with E-state index in [4.69, 9.17) is 0 Å². The second-order valence-corrected chi connectivity index (χ2v) is 6.82. The van der Waals surface area contributed by atoms with Crippen molar-refractivity contribution in [3.8, 4) is 0 Å². The third-order valence-electron chi connectivity index (χ3n) is 3.06. The van der Waals surface area contributed by atoms with Crippen LogP contribution in [0, 0.1) is 11.6 Å². The average Bonchev–Trinajstić information content (AvgIpc) is 2.37. The summed E-state index contributed by atoms with van der Waals surface area (Å²) < 4.78 is 49.7. The summed E-state index contributed by atoms with van der Waals surface area (Å²) in [5.41, 5.74) is 1.14. The fourth-order valence-corrected chi connectivity index (χ4v) is 2.73. The molecule has 0 unspecified atom stereocenters. The zero-order valence-corrected chi connectivity index (χ0v) is 12.4. The predicted molar refractivity (Wildman–Crippen MR) is 77.9 cm³/mol. The van der Waals surface area contributed by atoms with Gasteiger partial charge in [0, 0.05) is 18.0 Å². The van der Waals surface area contributed by atoms with Gasteiger partial charge in [-0.25, -0.2) is 17.2 Å². The lowest BCUT2D eigenvalue weighted by molar-refractivity contribution is 0.568. The maximum atomic E-state index is 13.8. The fraction of sp³-hybridized carbons (Fsp3) is 0.200. The smallest absolute Gasteiger partial charge is 0.178 e. The molecular formula is C15H15F2NO2S. The number of nitrogens with one attached hydrogen (secondary N) is 1. The summed E-state index contributed by atoms with van der Waals surface area (Å²) in [6.07, 6.45) is 0.958. The summed E-state index contributed by atoms with van der Waals surface area (Å²) in [6, 6.07) is 9.58. The molecule has 0 fully saturated rings. The van der Waals surface area contributed by atoms with Crippen LogP contribution in [0.25, 0.3) is 0 Å². The van der Waals surface area contributed by atoms with Crippen LogP contribution in [0.3, 0.4) is 0 Å². The number of hydrogen-bond acceptors (Lipinski definition) is 3. The first-order valence-electron chi connectivity index (χ1n) is 6.29. The van der Waals surface area contributed by atoms with E-state index in [9.17, 15) is 17.2 Å². The molecule has 1 atom stereocenters. The highest BCUT2D eigenvalue weighted by Crippen LogP contribution is 2.23. The standard InChI is InChI=1S/C15H15F2NO2S/c1-10(18-13-5-3-4-12(16)9-13)11-6-7-15(14(17)8-11)21(2,19)20/h3-10,18H,1-2H3/t10-/m1/s1. The molecule has 2 rings (SSSR count). The minimum atomic E-state index is -3.59. The van der Waals surface area contributed by atoms with Gasteiger partial charge in [-0.2, -0.15) is 0 Å². The summed E-state index contributed by atoms with van der Waals surface area (Å²) in [6.45, 7) is 1.78. The Kier molecular flexibility index (Phi) is 4.27. The first-order valence-corrected chi connectivity index (χ1v) is 8.18. The lowest BCUT2D eigenvalue weighted by Gasteiger charge is -2.16. The zero-order chi connectivity index (χ0) is 15.6. The van der Waals surface area contributed by atoms with Crippen molar-refractivity contribution < 1.29 is 17.2 Å². The molecule has 0 radical (unpaired) electrons. The summed E-state index contributed by atoms with van der Waals surface area (Å²) in [4.78, 5) is -0.329. The Morgan fingerprint density at radius 3 is 2.38 bits per heavy atom. The van der Waals surface area contributed by atoms with Crippen molar-refractivity contribution in [2.75, 3.05) is 11.6 Å². The third-order valence-corrected chi connectivity index (χ3v) is 4.19. The molecule has 112 valence electrons.